The number of likely N-dealkylation sites (tertiary alicyclic amines) is 1. The Kier molecular flexibility index (Phi) is 3.56. The lowest BCUT2D eigenvalue weighted by Crippen LogP contribution is -2.32. The minimum Gasteiger partial charge on any atom is -0.340 e. The first-order chi connectivity index (χ1) is 9.24. The van der Waals surface area contributed by atoms with E-state index in [0.717, 1.165) is 18.9 Å². The van der Waals surface area contributed by atoms with Crippen LogP contribution in [0.1, 0.15) is 37.2 Å². The molecule has 102 valence electrons. The van der Waals surface area contributed by atoms with Crippen LogP contribution >= 0.6 is 0 Å². The maximum absolute atomic E-state index is 12.2. The van der Waals surface area contributed by atoms with Crippen molar-refractivity contribution in [3.8, 4) is 0 Å². The predicted octanol–water partition coefficient (Wildman–Crippen LogP) is 2.13. The molecule has 2 N–H and O–H groups in total. The van der Waals surface area contributed by atoms with E-state index in [1.165, 1.54) is 18.4 Å². The SMILES string of the molecule is N[C@@H]1CN(C(=O)CCC2CC2)C[C@H]1c1ccccc1. The normalized spacial score (nSPS) is 26.7. The monoisotopic (exact) mass is 258 g/mol. The highest BCUT2D eigenvalue weighted by atomic mass is 16.2. The molecule has 1 heterocycles. The Balaban J connectivity index is 1.59. The minimum absolute atomic E-state index is 0.0762. The standard InChI is InChI=1S/C16H22N2O/c17-15-11-18(16(19)9-8-12-6-7-12)10-14(15)13-4-2-1-3-5-13/h1-5,12,14-15H,6-11,17H2/t14-,15+/m0/s1. The summed E-state index contributed by atoms with van der Waals surface area (Å²) >= 11 is 0. The van der Waals surface area contributed by atoms with Gasteiger partial charge in [-0.25, -0.2) is 0 Å². The van der Waals surface area contributed by atoms with Gasteiger partial charge in [0.15, 0.2) is 0 Å². The number of nitrogens with zero attached hydrogens (tertiary/aromatic N) is 1. The zero-order valence-corrected chi connectivity index (χ0v) is 11.3. The zero-order valence-electron chi connectivity index (χ0n) is 11.3. The maximum Gasteiger partial charge on any atom is 0.222 e. The van der Waals surface area contributed by atoms with E-state index in [9.17, 15) is 4.79 Å². The number of nitrogens with two attached hydrogens (primary N) is 1. The van der Waals surface area contributed by atoms with Gasteiger partial charge in [0, 0.05) is 31.5 Å². The Morgan fingerprint density at radius 1 is 1.21 bits per heavy atom. The van der Waals surface area contributed by atoms with Crippen molar-refractivity contribution >= 4 is 5.91 Å². The van der Waals surface area contributed by atoms with Gasteiger partial charge in [0.1, 0.15) is 0 Å². The summed E-state index contributed by atoms with van der Waals surface area (Å²) in [6.07, 6.45) is 4.42. The van der Waals surface area contributed by atoms with Crippen molar-refractivity contribution in [1.82, 2.24) is 4.90 Å². The van der Waals surface area contributed by atoms with Gasteiger partial charge in [-0.15, -0.1) is 0 Å². The number of benzene rings is 1. The van der Waals surface area contributed by atoms with E-state index in [-0.39, 0.29) is 6.04 Å². The fourth-order valence-corrected chi connectivity index (χ4v) is 2.98. The third kappa shape index (κ3) is 2.98. The molecule has 19 heavy (non-hydrogen) atoms. The summed E-state index contributed by atoms with van der Waals surface area (Å²) in [4.78, 5) is 14.1. The third-order valence-electron chi connectivity index (χ3n) is 4.41. The Morgan fingerprint density at radius 2 is 1.95 bits per heavy atom. The Hall–Kier alpha value is -1.35. The van der Waals surface area contributed by atoms with Crippen molar-refractivity contribution in [2.45, 2.75) is 37.6 Å². The average Bonchev–Trinajstić information content (AvgIpc) is 3.18. The Morgan fingerprint density at radius 3 is 2.63 bits per heavy atom. The van der Waals surface area contributed by atoms with Crippen LogP contribution in [0.5, 0.6) is 0 Å². The number of carbonyl (C=O) groups is 1. The first kappa shape index (κ1) is 12.7. The molecule has 2 fully saturated rings. The van der Waals surface area contributed by atoms with Gasteiger partial charge in [0.2, 0.25) is 5.91 Å². The van der Waals surface area contributed by atoms with Gasteiger partial charge in [0.05, 0.1) is 0 Å². The molecule has 0 radical (unpaired) electrons. The van der Waals surface area contributed by atoms with E-state index < -0.39 is 0 Å². The fourth-order valence-electron chi connectivity index (χ4n) is 2.98. The van der Waals surface area contributed by atoms with Gasteiger partial charge in [0.25, 0.3) is 0 Å². The Bertz CT molecular complexity index is 441. The molecule has 3 heteroatoms. The van der Waals surface area contributed by atoms with Crippen molar-refractivity contribution in [3.05, 3.63) is 35.9 Å². The van der Waals surface area contributed by atoms with Crippen molar-refractivity contribution in [3.63, 3.8) is 0 Å². The zero-order chi connectivity index (χ0) is 13.2. The molecule has 1 saturated heterocycles. The highest BCUT2D eigenvalue weighted by Crippen LogP contribution is 2.34. The number of rotatable bonds is 4. The lowest BCUT2D eigenvalue weighted by molar-refractivity contribution is -0.130. The molecule has 0 aromatic heterocycles. The molecule has 1 aliphatic carbocycles. The molecule has 0 spiro atoms. The summed E-state index contributed by atoms with van der Waals surface area (Å²) in [7, 11) is 0. The van der Waals surface area contributed by atoms with Gasteiger partial charge in [-0.3, -0.25) is 4.79 Å². The summed E-state index contributed by atoms with van der Waals surface area (Å²) in [5.74, 6) is 1.41. The molecule has 1 aromatic rings. The minimum atomic E-state index is 0.0762. The number of hydrogen-bond donors (Lipinski definition) is 1. The second-order valence-corrected chi connectivity index (χ2v) is 5.96. The molecule has 2 atom stereocenters. The second kappa shape index (κ2) is 5.33. The second-order valence-electron chi connectivity index (χ2n) is 5.96. The lowest BCUT2D eigenvalue weighted by Gasteiger charge is -2.16. The van der Waals surface area contributed by atoms with Crippen LogP contribution in [-0.4, -0.2) is 29.9 Å². The van der Waals surface area contributed by atoms with E-state index in [0.29, 0.717) is 24.8 Å². The highest BCUT2D eigenvalue weighted by molar-refractivity contribution is 5.76. The van der Waals surface area contributed by atoms with Crippen molar-refractivity contribution in [1.29, 1.82) is 0 Å². The van der Waals surface area contributed by atoms with Crippen molar-refractivity contribution < 1.29 is 4.79 Å². The van der Waals surface area contributed by atoms with Gasteiger partial charge in [-0.05, 0) is 17.9 Å². The summed E-state index contributed by atoms with van der Waals surface area (Å²) in [5.41, 5.74) is 7.47. The fraction of sp³-hybridized carbons (Fsp3) is 0.562. The number of amides is 1. The van der Waals surface area contributed by atoms with Gasteiger partial charge in [-0.2, -0.15) is 0 Å². The third-order valence-corrected chi connectivity index (χ3v) is 4.41. The van der Waals surface area contributed by atoms with E-state index in [1.54, 1.807) is 0 Å². The predicted molar refractivity (Wildman–Crippen MR) is 75.7 cm³/mol. The Labute approximate surface area is 114 Å². The lowest BCUT2D eigenvalue weighted by atomic mass is 9.95. The quantitative estimate of drug-likeness (QED) is 0.899. The van der Waals surface area contributed by atoms with Crippen LogP contribution in [0.25, 0.3) is 0 Å². The maximum atomic E-state index is 12.2. The highest BCUT2D eigenvalue weighted by Gasteiger charge is 2.34. The first-order valence-corrected chi connectivity index (χ1v) is 7.32. The van der Waals surface area contributed by atoms with Crippen molar-refractivity contribution in [2.75, 3.05) is 13.1 Å². The summed E-state index contributed by atoms with van der Waals surface area (Å²) in [6, 6.07) is 10.4. The molecule has 2 aliphatic rings. The van der Waals surface area contributed by atoms with Crippen LogP contribution in [0.3, 0.4) is 0 Å². The average molecular weight is 258 g/mol. The largest absolute Gasteiger partial charge is 0.340 e. The topological polar surface area (TPSA) is 46.3 Å². The van der Waals surface area contributed by atoms with Crippen LogP contribution in [0, 0.1) is 5.92 Å². The van der Waals surface area contributed by atoms with Crippen LogP contribution in [-0.2, 0) is 4.79 Å². The van der Waals surface area contributed by atoms with Crippen LogP contribution in [0.15, 0.2) is 30.3 Å². The van der Waals surface area contributed by atoms with E-state index in [2.05, 4.69) is 12.1 Å². The molecule has 3 rings (SSSR count). The molecule has 1 aromatic carbocycles. The summed E-state index contributed by atoms with van der Waals surface area (Å²) < 4.78 is 0. The van der Waals surface area contributed by atoms with Gasteiger partial charge < -0.3 is 10.6 Å². The van der Waals surface area contributed by atoms with Crippen LogP contribution in [0.4, 0.5) is 0 Å². The van der Waals surface area contributed by atoms with Crippen molar-refractivity contribution in [2.24, 2.45) is 11.7 Å². The van der Waals surface area contributed by atoms with E-state index in [1.807, 2.05) is 23.1 Å². The van der Waals surface area contributed by atoms with E-state index in [4.69, 9.17) is 5.73 Å². The molecule has 0 bridgehead atoms. The summed E-state index contributed by atoms with van der Waals surface area (Å²) in [5, 5.41) is 0. The molecule has 1 saturated carbocycles. The first-order valence-electron chi connectivity index (χ1n) is 7.32. The van der Waals surface area contributed by atoms with Crippen LogP contribution in [0.2, 0.25) is 0 Å². The van der Waals surface area contributed by atoms with E-state index >= 15 is 0 Å². The molecular weight excluding hydrogens is 236 g/mol. The van der Waals surface area contributed by atoms with Gasteiger partial charge >= 0.3 is 0 Å². The smallest absolute Gasteiger partial charge is 0.222 e. The molecule has 3 nitrogen and oxygen atoms in total. The number of hydrogen-bond acceptors (Lipinski definition) is 2. The molecule has 0 unspecified atom stereocenters. The van der Waals surface area contributed by atoms with Crippen LogP contribution < -0.4 is 5.73 Å². The molecule has 1 aliphatic heterocycles. The molecular formula is C16H22N2O. The van der Waals surface area contributed by atoms with Gasteiger partial charge in [-0.1, -0.05) is 43.2 Å². The molecule has 1 amide bonds. The summed E-state index contributed by atoms with van der Waals surface area (Å²) in [6.45, 7) is 1.50. The number of carbonyl (C=O) groups excluding carboxylic acids is 1.